The lowest BCUT2D eigenvalue weighted by molar-refractivity contribution is 0.104. The maximum absolute atomic E-state index is 12.2. The van der Waals surface area contributed by atoms with Gasteiger partial charge in [-0.15, -0.1) is 0 Å². The summed E-state index contributed by atoms with van der Waals surface area (Å²) in [5, 5.41) is 0.560. The van der Waals surface area contributed by atoms with Gasteiger partial charge in [-0.3, -0.25) is 4.79 Å². The summed E-state index contributed by atoms with van der Waals surface area (Å²) in [7, 11) is 0. The van der Waals surface area contributed by atoms with E-state index >= 15 is 0 Å². The molecule has 1 nitrogen and oxygen atoms in total. The molecule has 0 bridgehead atoms. The molecule has 0 saturated heterocycles. The Kier molecular flexibility index (Phi) is 5.54. The molecule has 0 fully saturated rings. The van der Waals surface area contributed by atoms with Crippen LogP contribution in [0.1, 0.15) is 22.8 Å². The van der Waals surface area contributed by atoms with Crippen LogP contribution in [0.3, 0.4) is 0 Å². The molecule has 0 amide bonds. The Labute approximate surface area is 138 Å². The summed E-state index contributed by atoms with van der Waals surface area (Å²) in [6.45, 7) is 1.95. The zero-order valence-electron chi connectivity index (χ0n) is 11.5. The van der Waals surface area contributed by atoms with E-state index in [9.17, 15) is 4.79 Å². The van der Waals surface area contributed by atoms with E-state index in [2.05, 4.69) is 15.9 Å². The van der Waals surface area contributed by atoms with Gasteiger partial charge in [-0.2, -0.15) is 0 Å². The van der Waals surface area contributed by atoms with Crippen LogP contribution in [0.25, 0.3) is 5.57 Å². The first kappa shape index (κ1) is 15.7. The molecule has 0 saturated carbocycles. The molecule has 0 N–H and O–H groups in total. The number of rotatable bonds is 4. The monoisotopic (exact) mass is 360 g/mol. The van der Waals surface area contributed by atoms with E-state index < -0.39 is 0 Å². The van der Waals surface area contributed by atoms with Gasteiger partial charge in [-0.25, -0.2) is 0 Å². The Balaban J connectivity index is 2.26. The van der Waals surface area contributed by atoms with Crippen molar-refractivity contribution in [2.45, 2.75) is 6.92 Å². The summed E-state index contributed by atoms with van der Waals surface area (Å²) in [5.41, 5.74) is 2.62. The number of benzene rings is 2. The van der Waals surface area contributed by atoms with Crippen molar-refractivity contribution in [1.82, 2.24) is 0 Å². The van der Waals surface area contributed by atoms with Crippen LogP contribution >= 0.6 is 27.5 Å². The summed E-state index contributed by atoms with van der Waals surface area (Å²) in [6, 6.07) is 16.9. The number of hydrogen-bond donors (Lipinski definition) is 0. The fourth-order valence-electron chi connectivity index (χ4n) is 1.92. The van der Waals surface area contributed by atoms with Gasteiger partial charge in [0.1, 0.15) is 0 Å². The molecule has 2 aromatic carbocycles. The molecule has 0 aromatic heterocycles. The minimum absolute atomic E-state index is 0.0697. The summed E-state index contributed by atoms with van der Waals surface area (Å²) in [4.78, 5) is 12.2. The molecule has 0 aliphatic heterocycles. The number of allylic oxidation sites excluding steroid dienone is 4. The normalized spacial score (nSPS) is 12.3. The quantitative estimate of drug-likeness (QED) is 0.376. The first-order valence-electron chi connectivity index (χ1n) is 6.47. The van der Waals surface area contributed by atoms with Crippen molar-refractivity contribution in [3.63, 3.8) is 0 Å². The van der Waals surface area contributed by atoms with Gasteiger partial charge >= 0.3 is 0 Å². The lowest BCUT2D eigenvalue weighted by atomic mass is 10.0. The third-order valence-corrected chi connectivity index (χ3v) is 3.63. The van der Waals surface area contributed by atoms with E-state index in [1.54, 1.807) is 30.3 Å². The second kappa shape index (κ2) is 7.39. The molecule has 0 radical (unpaired) electrons. The third-order valence-electron chi connectivity index (χ3n) is 2.97. The highest BCUT2D eigenvalue weighted by Gasteiger charge is 2.04. The molecule has 0 heterocycles. The van der Waals surface area contributed by atoms with Crippen LogP contribution in [-0.4, -0.2) is 5.78 Å². The predicted molar refractivity (Wildman–Crippen MR) is 92.9 cm³/mol. The van der Waals surface area contributed by atoms with Gasteiger partial charge in [0.05, 0.1) is 0 Å². The van der Waals surface area contributed by atoms with Gasteiger partial charge in [0.2, 0.25) is 0 Å². The first-order chi connectivity index (χ1) is 10.1. The highest BCUT2D eigenvalue weighted by Crippen LogP contribution is 2.24. The maximum atomic E-state index is 12.2. The Bertz CT molecular complexity index is 698. The number of carbonyl (C=O) groups is 1. The van der Waals surface area contributed by atoms with E-state index in [-0.39, 0.29) is 5.78 Å². The van der Waals surface area contributed by atoms with Crippen molar-refractivity contribution in [3.8, 4) is 0 Å². The Hall–Kier alpha value is -1.64. The summed E-state index contributed by atoms with van der Waals surface area (Å²) in [6.07, 6.45) is 3.39. The molecular formula is C18H14BrClO. The lowest BCUT2D eigenvalue weighted by Gasteiger charge is -2.04. The van der Waals surface area contributed by atoms with Crippen molar-refractivity contribution in [1.29, 1.82) is 0 Å². The van der Waals surface area contributed by atoms with Crippen LogP contribution in [0, 0.1) is 0 Å². The predicted octanol–water partition coefficient (Wildman–Crippen LogP) is 5.91. The highest BCUT2D eigenvalue weighted by molar-refractivity contribution is 9.11. The molecular weight excluding hydrogens is 348 g/mol. The first-order valence-corrected chi connectivity index (χ1v) is 7.65. The smallest absolute Gasteiger partial charge is 0.185 e. The SMILES string of the molecule is C/C(Br)=C(/C=C/C(=O)c1cccc(Cl)c1)c1ccccc1. The van der Waals surface area contributed by atoms with Gasteiger partial charge in [-0.05, 0) is 46.8 Å². The second-order valence-corrected chi connectivity index (χ2v) is 6.15. The van der Waals surface area contributed by atoms with Crippen LogP contribution in [0.2, 0.25) is 5.02 Å². The van der Waals surface area contributed by atoms with Crippen molar-refractivity contribution >= 4 is 38.9 Å². The van der Waals surface area contributed by atoms with Gasteiger partial charge in [0, 0.05) is 10.6 Å². The number of hydrogen-bond acceptors (Lipinski definition) is 1. The molecule has 106 valence electrons. The van der Waals surface area contributed by atoms with Gasteiger partial charge < -0.3 is 0 Å². The van der Waals surface area contributed by atoms with E-state index in [1.807, 2.05) is 43.3 Å². The Morgan fingerprint density at radius 1 is 1.00 bits per heavy atom. The summed E-state index contributed by atoms with van der Waals surface area (Å²) >= 11 is 9.40. The van der Waals surface area contributed by atoms with E-state index in [4.69, 9.17) is 11.6 Å². The van der Waals surface area contributed by atoms with Crippen LogP contribution in [0.5, 0.6) is 0 Å². The van der Waals surface area contributed by atoms with Crippen LogP contribution in [0.15, 0.2) is 71.2 Å². The maximum Gasteiger partial charge on any atom is 0.185 e. The third kappa shape index (κ3) is 4.42. The highest BCUT2D eigenvalue weighted by atomic mass is 79.9. The molecule has 21 heavy (non-hydrogen) atoms. The van der Waals surface area contributed by atoms with E-state index in [0.717, 1.165) is 15.6 Å². The van der Waals surface area contributed by atoms with Gasteiger partial charge in [-0.1, -0.05) is 70.0 Å². The van der Waals surface area contributed by atoms with Gasteiger partial charge in [0.15, 0.2) is 5.78 Å². The molecule has 2 aromatic rings. The molecule has 0 aliphatic carbocycles. The van der Waals surface area contributed by atoms with E-state index in [0.29, 0.717) is 10.6 Å². The topological polar surface area (TPSA) is 17.1 Å². The second-order valence-electron chi connectivity index (χ2n) is 4.52. The zero-order chi connectivity index (χ0) is 15.2. The average molecular weight is 362 g/mol. The molecule has 0 unspecified atom stereocenters. The summed E-state index contributed by atoms with van der Waals surface area (Å²) in [5.74, 6) is -0.0697. The molecule has 0 aliphatic rings. The Morgan fingerprint density at radius 3 is 2.29 bits per heavy atom. The fraction of sp³-hybridized carbons (Fsp3) is 0.0556. The largest absolute Gasteiger partial charge is 0.289 e. The van der Waals surface area contributed by atoms with Crippen LogP contribution < -0.4 is 0 Å². The number of ketones is 1. The fourth-order valence-corrected chi connectivity index (χ4v) is 2.48. The van der Waals surface area contributed by atoms with Crippen molar-refractivity contribution < 1.29 is 4.79 Å². The molecule has 3 heteroatoms. The minimum atomic E-state index is -0.0697. The molecule has 2 rings (SSSR count). The van der Waals surface area contributed by atoms with Gasteiger partial charge in [0.25, 0.3) is 0 Å². The van der Waals surface area contributed by atoms with Crippen molar-refractivity contribution in [3.05, 3.63) is 87.4 Å². The number of halogens is 2. The lowest BCUT2D eigenvalue weighted by Crippen LogP contribution is -1.94. The zero-order valence-corrected chi connectivity index (χ0v) is 13.9. The Morgan fingerprint density at radius 2 is 1.67 bits per heavy atom. The van der Waals surface area contributed by atoms with Crippen molar-refractivity contribution in [2.75, 3.05) is 0 Å². The summed E-state index contributed by atoms with van der Waals surface area (Å²) < 4.78 is 0.976. The van der Waals surface area contributed by atoms with E-state index in [1.165, 1.54) is 0 Å². The number of carbonyl (C=O) groups excluding carboxylic acids is 1. The molecule has 0 spiro atoms. The van der Waals surface area contributed by atoms with Crippen molar-refractivity contribution in [2.24, 2.45) is 0 Å². The van der Waals surface area contributed by atoms with Crippen LogP contribution in [-0.2, 0) is 0 Å². The standard InChI is InChI=1S/C18H14BrClO/c1-13(19)17(14-6-3-2-4-7-14)10-11-18(21)15-8-5-9-16(20)12-15/h2-12H,1H3/b11-10+,17-13+. The molecule has 0 atom stereocenters. The average Bonchev–Trinajstić information content (AvgIpc) is 2.48. The van der Waals surface area contributed by atoms with Crippen LogP contribution in [0.4, 0.5) is 0 Å². The minimum Gasteiger partial charge on any atom is -0.289 e.